The third kappa shape index (κ3) is 4.86. The van der Waals surface area contributed by atoms with Gasteiger partial charge in [0.05, 0.1) is 12.3 Å². The Kier molecular flexibility index (Phi) is 6.61. The smallest absolute Gasteiger partial charge is 0.254 e. The molecule has 2 aromatic carbocycles. The molecule has 32 heavy (non-hydrogen) atoms. The van der Waals surface area contributed by atoms with Crippen LogP contribution in [0.4, 0.5) is 0 Å². The minimum Gasteiger partial charge on any atom is -0.399 e. The monoisotopic (exact) mass is 433 g/mol. The highest BCUT2D eigenvalue weighted by Gasteiger charge is 2.37. The molecule has 3 aromatic rings. The average molecular weight is 434 g/mol. The molecule has 0 saturated carbocycles. The van der Waals surface area contributed by atoms with Crippen molar-refractivity contribution in [3.05, 3.63) is 71.9 Å². The lowest BCUT2D eigenvalue weighted by molar-refractivity contribution is 0.0732. The fourth-order valence-corrected chi connectivity index (χ4v) is 3.77. The summed E-state index contributed by atoms with van der Waals surface area (Å²) < 4.78 is 5.42. The molecular weight excluding hydrogens is 406 g/mol. The fraction of sp³-hybridized carbons (Fsp3) is 0.333. The van der Waals surface area contributed by atoms with E-state index in [9.17, 15) is 4.79 Å². The quantitative estimate of drug-likeness (QED) is 0.531. The lowest BCUT2D eigenvalue weighted by Gasteiger charge is -2.21. The van der Waals surface area contributed by atoms with Crippen molar-refractivity contribution in [2.45, 2.75) is 18.9 Å². The number of aromatic nitrogens is 2. The summed E-state index contributed by atoms with van der Waals surface area (Å²) in [5.74, 6) is 0.954. The molecule has 4 rings (SSSR count). The van der Waals surface area contributed by atoms with Crippen LogP contribution in [-0.4, -0.2) is 65.9 Å². The van der Waals surface area contributed by atoms with Crippen molar-refractivity contribution in [3.63, 3.8) is 0 Å². The fourth-order valence-electron chi connectivity index (χ4n) is 3.77. The zero-order chi connectivity index (χ0) is 22.5. The molecule has 1 fully saturated rings. The predicted molar refractivity (Wildman–Crippen MR) is 121 cm³/mol. The molecule has 1 aromatic heterocycles. The van der Waals surface area contributed by atoms with E-state index in [2.05, 4.69) is 20.2 Å². The van der Waals surface area contributed by atoms with E-state index in [0.29, 0.717) is 36.7 Å². The van der Waals surface area contributed by atoms with E-state index < -0.39 is 0 Å². The van der Waals surface area contributed by atoms with Crippen LogP contribution in [-0.2, 0) is 11.3 Å². The van der Waals surface area contributed by atoms with Crippen LogP contribution < -0.4 is 0 Å². The molecule has 1 amide bonds. The summed E-state index contributed by atoms with van der Waals surface area (Å²) in [6, 6.07) is 17.4. The highest BCUT2D eigenvalue weighted by atomic mass is 16.6. The van der Waals surface area contributed by atoms with E-state index >= 15 is 0 Å². The summed E-state index contributed by atoms with van der Waals surface area (Å²) in [6.45, 7) is 1.17. The number of oxime groups is 1. The second-order valence-electron chi connectivity index (χ2n) is 8.04. The molecule has 0 N–H and O–H groups in total. The Morgan fingerprint density at radius 1 is 1.16 bits per heavy atom. The van der Waals surface area contributed by atoms with Gasteiger partial charge >= 0.3 is 0 Å². The molecule has 0 radical (unpaired) electrons. The van der Waals surface area contributed by atoms with Crippen molar-refractivity contribution >= 4 is 11.6 Å². The highest BCUT2D eigenvalue weighted by Crippen LogP contribution is 2.31. The molecule has 2 heterocycles. The molecule has 0 aliphatic carbocycles. The van der Waals surface area contributed by atoms with E-state index in [-0.39, 0.29) is 11.9 Å². The number of hydrogen-bond donors (Lipinski definition) is 0. The lowest BCUT2D eigenvalue weighted by atomic mass is 10.0. The highest BCUT2D eigenvalue weighted by molar-refractivity contribution is 6.00. The number of hydrogen-bond acceptors (Lipinski definition) is 7. The van der Waals surface area contributed by atoms with Crippen molar-refractivity contribution in [2.75, 3.05) is 34.3 Å². The Hall–Kier alpha value is -3.52. The first kappa shape index (κ1) is 21.7. The maximum Gasteiger partial charge on any atom is 0.254 e. The number of nitrogens with zero attached hydrogens (tertiary/aromatic N) is 5. The third-order valence-electron chi connectivity index (χ3n) is 5.43. The molecule has 0 bridgehead atoms. The Labute approximate surface area is 187 Å². The minimum absolute atomic E-state index is 0.101. The van der Waals surface area contributed by atoms with Crippen LogP contribution in [0, 0.1) is 0 Å². The van der Waals surface area contributed by atoms with Crippen LogP contribution in [0.1, 0.15) is 34.5 Å². The third-order valence-corrected chi connectivity index (χ3v) is 5.43. The van der Waals surface area contributed by atoms with Crippen LogP contribution in [0.5, 0.6) is 0 Å². The zero-order valence-electron chi connectivity index (χ0n) is 18.6. The Morgan fingerprint density at radius 3 is 2.56 bits per heavy atom. The molecule has 8 heteroatoms. The first-order valence-corrected chi connectivity index (χ1v) is 10.6. The largest absolute Gasteiger partial charge is 0.399 e. The number of likely N-dealkylation sites (N-methyl/N-ethyl adjacent to an activating group) is 1. The Bertz CT molecular complexity index is 1080. The summed E-state index contributed by atoms with van der Waals surface area (Å²) in [6.07, 6.45) is 1.16. The van der Waals surface area contributed by atoms with Crippen molar-refractivity contribution in [3.8, 4) is 11.1 Å². The van der Waals surface area contributed by atoms with Gasteiger partial charge in [0.2, 0.25) is 5.89 Å². The SMILES string of the molecule is CO/N=C1/C[C@@H](c2noc(CCN(C)C)n2)N(C(=O)c2ccc(-c3ccccc3)cc2)C1. The molecule has 1 aliphatic rings. The normalized spacial score (nSPS) is 17.3. The van der Waals surface area contributed by atoms with Crippen LogP contribution in [0.2, 0.25) is 0 Å². The van der Waals surface area contributed by atoms with Crippen LogP contribution >= 0.6 is 0 Å². The summed E-state index contributed by atoms with van der Waals surface area (Å²) in [7, 11) is 5.49. The molecule has 1 aliphatic heterocycles. The molecule has 8 nitrogen and oxygen atoms in total. The Morgan fingerprint density at radius 2 is 1.88 bits per heavy atom. The number of amides is 1. The molecule has 0 unspecified atom stereocenters. The van der Waals surface area contributed by atoms with Gasteiger partial charge < -0.3 is 19.2 Å². The number of carbonyl (C=O) groups is 1. The van der Waals surface area contributed by atoms with Crippen molar-refractivity contribution in [2.24, 2.45) is 5.16 Å². The van der Waals surface area contributed by atoms with Gasteiger partial charge in [0.25, 0.3) is 5.91 Å². The van der Waals surface area contributed by atoms with Crippen molar-refractivity contribution < 1.29 is 14.2 Å². The van der Waals surface area contributed by atoms with Gasteiger partial charge in [0.1, 0.15) is 13.2 Å². The van der Waals surface area contributed by atoms with E-state index in [1.54, 1.807) is 4.90 Å². The van der Waals surface area contributed by atoms with E-state index in [4.69, 9.17) is 9.36 Å². The van der Waals surface area contributed by atoms with Crippen LogP contribution in [0.3, 0.4) is 0 Å². The van der Waals surface area contributed by atoms with Gasteiger partial charge in [0, 0.05) is 24.9 Å². The van der Waals surface area contributed by atoms with E-state index in [1.165, 1.54) is 7.11 Å². The zero-order valence-corrected chi connectivity index (χ0v) is 18.6. The minimum atomic E-state index is -0.345. The average Bonchev–Trinajstić information content (AvgIpc) is 3.45. The topological polar surface area (TPSA) is 84.1 Å². The molecule has 0 spiro atoms. The summed E-state index contributed by atoms with van der Waals surface area (Å²) in [4.78, 5) is 26.7. The predicted octanol–water partition coefficient (Wildman–Crippen LogP) is 3.43. The summed E-state index contributed by atoms with van der Waals surface area (Å²) >= 11 is 0. The molecule has 1 atom stereocenters. The summed E-state index contributed by atoms with van der Waals surface area (Å²) in [5.41, 5.74) is 3.54. The van der Waals surface area contributed by atoms with Crippen molar-refractivity contribution in [1.29, 1.82) is 0 Å². The van der Waals surface area contributed by atoms with Crippen LogP contribution in [0.25, 0.3) is 11.1 Å². The lowest BCUT2D eigenvalue weighted by Crippen LogP contribution is -2.31. The number of benzene rings is 2. The molecule has 166 valence electrons. The van der Waals surface area contributed by atoms with Crippen LogP contribution in [0.15, 0.2) is 64.3 Å². The molecular formula is C24H27N5O3. The number of rotatable bonds is 7. The summed E-state index contributed by atoms with van der Waals surface area (Å²) in [5, 5.41) is 8.23. The molecule has 1 saturated heterocycles. The second kappa shape index (κ2) is 9.74. The van der Waals surface area contributed by atoms with Gasteiger partial charge in [-0.15, -0.1) is 0 Å². The first-order chi connectivity index (χ1) is 15.5. The maximum atomic E-state index is 13.4. The van der Waals surface area contributed by atoms with Crippen molar-refractivity contribution in [1.82, 2.24) is 19.9 Å². The van der Waals surface area contributed by atoms with E-state index in [1.807, 2.05) is 68.7 Å². The standard InChI is InChI=1S/C24H27N5O3/c1-28(2)14-13-22-25-23(27-32-22)21-15-20(26-31-3)16-29(21)24(30)19-11-9-18(10-12-19)17-7-5-4-6-8-17/h4-12,21H,13-16H2,1-3H3/b26-20-/t21-/m0/s1. The van der Waals surface area contributed by atoms with Gasteiger partial charge in [-0.2, -0.15) is 4.98 Å². The van der Waals surface area contributed by atoms with Gasteiger partial charge in [-0.25, -0.2) is 0 Å². The number of likely N-dealkylation sites (tertiary alicyclic amines) is 1. The van der Waals surface area contributed by atoms with Gasteiger partial charge in [-0.1, -0.05) is 52.8 Å². The van der Waals surface area contributed by atoms with Gasteiger partial charge in [-0.05, 0) is 37.4 Å². The van der Waals surface area contributed by atoms with Gasteiger partial charge in [0.15, 0.2) is 5.82 Å². The first-order valence-electron chi connectivity index (χ1n) is 10.6. The maximum absolute atomic E-state index is 13.4. The second-order valence-corrected chi connectivity index (χ2v) is 8.04. The van der Waals surface area contributed by atoms with Gasteiger partial charge in [-0.3, -0.25) is 4.79 Å². The Balaban J connectivity index is 1.55. The van der Waals surface area contributed by atoms with E-state index in [0.717, 1.165) is 23.4 Å². The number of carbonyl (C=O) groups excluding carboxylic acids is 1.